The molecule has 1 saturated heterocycles. The predicted octanol–water partition coefficient (Wildman–Crippen LogP) is 2.89. The minimum Gasteiger partial charge on any atom is -0.384 e. The number of rotatable bonds is 4. The third-order valence-electron chi connectivity index (χ3n) is 3.83. The number of hydrogen-bond acceptors (Lipinski definition) is 3. The second-order valence-corrected chi connectivity index (χ2v) is 5.59. The van der Waals surface area contributed by atoms with Gasteiger partial charge in [0.05, 0.1) is 31.2 Å². The molecular formula is C16H20F3NO3. The average molecular weight is 331 g/mol. The van der Waals surface area contributed by atoms with Crippen LogP contribution in [0.4, 0.5) is 13.2 Å². The summed E-state index contributed by atoms with van der Waals surface area (Å²) in [6.07, 6.45) is -5.23. The van der Waals surface area contributed by atoms with Gasteiger partial charge in [0.1, 0.15) is 6.10 Å². The van der Waals surface area contributed by atoms with Gasteiger partial charge < -0.3 is 14.4 Å². The van der Waals surface area contributed by atoms with Crippen molar-refractivity contribution < 1.29 is 27.4 Å². The van der Waals surface area contributed by atoms with E-state index in [4.69, 9.17) is 9.47 Å². The van der Waals surface area contributed by atoms with Gasteiger partial charge in [-0.05, 0) is 11.6 Å². The van der Waals surface area contributed by atoms with Gasteiger partial charge in [-0.3, -0.25) is 4.79 Å². The van der Waals surface area contributed by atoms with Crippen LogP contribution in [0.3, 0.4) is 0 Å². The second-order valence-electron chi connectivity index (χ2n) is 5.59. The number of ether oxygens (including phenoxy) is 2. The molecule has 23 heavy (non-hydrogen) atoms. The maximum Gasteiger partial charge on any atom is 0.416 e. The van der Waals surface area contributed by atoms with Crippen LogP contribution in [0.25, 0.3) is 0 Å². The van der Waals surface area contributed by atoms with Crippen molar-refractivity contribution >= 4 is 5.91 Å². The minimum absolute atomic E-state index is 0.0666. The Hall–Kier alpha value is -1.60. The lowest BCUT2D eigenvalue weighted by Crippen LogP contribution is -2.45. The van der Waals surface area contributed by atoms with Crippen LogP contribution in [0.1, 0.15) is 24.2 Å². The molecule has 1 aliphatic rings. The maximum absolute atomic E-state index is 13.1. The maximum atomic E-state index is 13.1. The molecule has 1 fully saturated rings. The first-order chi connectivity index (χ1) is 10.8. The number of carbonyl (C=O) groups excluding carboxylic acids is 1. The Kier molecular flexibility index (Phi) is 5.64. The van der Waals surface area contributed by atoms with Crippen LogP contribution in [0.5, 0.6) is 0 Å². The lowest BCUT2D eigenvalue weighted by molar-refractivity contribution is -0.146. The summed E-state index contributed by atoms with van der Waals surface area (Å²) in [5.41, 5.74) is -0.652. The van der Waals surface area contributed by atoms with Gasteiger partial charge in [-0.15, -0.1) is 0 Å². The molecule has 0 N–H and O–H groups in total. The van der Waals surface area contributed by atoms with E-state index in [1.165, 1.54) is 19.2 Å². The molecule has 1 amide bonds. The van der Waals surface area contributed by atoms with Crippen molar-refractivity contribution in [2.24, 2.45) is 5.92 Å². The van der Waals surface area contributed by atoms with E-state index in [1.807, 2.05) is 0 Å². The molecule has 2 unspecified atom stereocenters. The van der Waals surface area contributed by atoms with Crippen molar-refractivity contribution in [3.05, 3.63) is 35.4 Å². The summed E-state index contributed by atoms with van der Waals surface area (Å²) in [4.78, 5) is 13.9. The number of nitrogens with zero attached hydrogens (tertiary/aromatic N) is 1. The first kappa shape index (κ1) is 17.7. The average Bonchev–Trinajstić information content (AvgIpc) is 2.53. The van der Waals surface area contributed by atoms with E-state index < -0.39 is 17.8 Å². The molecule has 7 heteroatoms. The summed E-state index contributed by atoms with van der Waals surface area (Å²) in [5, 5.41) is 0. The Balaban J connectivity index is 2.18. The number of carbonyl (C=O) groups is 1. The number of amides is 1. The topological polar surface area (TPSA) is 38.8 Å². The van der Waals surface area contributed by atoms with Crippen molar-refractivity contribution in [1.82, 2.24) is 4.90 Å². The highest BCUT2D eigenvalue weighted by Crippen LogP contribution is 2.36. The fraction of sp³-hybridized carbons (Fsp3) is 0.562. The van der Waals surface area contributed by atoms with Crippen molar-refractivity contribution in [3.8, 4) is 0 Å². The molecular weight excluding hydrogens is 311 g/mol. The third kappa shape index (κ3) is 4.23. The summed E-state index contributed by atoms with van der Waals surface area (Å²) >= 11 is 0. The largest absolute Gasteiger partial charge is 0.416 e. The quantitative estimate of drug-likeness (QED) is 0.852. The molecule has 1 aromatic rings. The lowest BCUT2D eigenvalue weighted by Gasteiger charge is -2.35. The van der Waals surface area contributed by atoms with Crippen LogP contribution < -0.4 is 0 Å². The summed E-state index contributed by atoms with van der Waals surface area (Å²) in [6, 6.07) is 5.33. The Labute approximate surface area is 133 Å². The Morgan fingerprint density at radius 1 is 1.43 bits per heavy atom. The Bertz CT molecular complexity index is 548. The molecule has 128 valence electrons. The smallest absolute Gasteiger partial charge is 0.384 e. The van der Waals surface area contributed by atoms with E-state index in [0.29, 0.717) is 6.54 Å². The molecule has 0 radical (unpaired) electrons. The predicted molar refractivity (Wildman–Crippen MR) is 77.8 cm³/mol. The highest BCUT2D eigenvalue weighted by molar-refractivity contribution is 5.78. The number of hydrogen-bond donors (Lipinski definition) is 0. The van der Waals surface area contributed by atoms with Crippen LogP contribution in [0.15, 0.2) is 24.3 Å². The van der Waals surface area contributed by atoms with Gasteiger partial charge in [-0.25, -0.2) is 0 Å². The van der Waals surface area contributed by atoms with Gasteiger partial charge in [-0.2, -0.15) is 13.2 Å². The molecule has 1 heterocycles. The lowest BCUT2D eigenvalue weighted by atomic mass is 10.00. The van der Waals surface area contributed by atoms with E-state index in [9.17, 15) is 18.0 Å². The summed E-state index contributed by atoms with van der Waals surface area (Å²) in [7, 11) is 1.51. The number of halogens is 3. The number of morpholine rings is 1. The van der Waals surface area contributed by atoms with Gasteiger partial charge in [0.15, 0.2) is 0 Å². The SMILES string of the molecule is COCC(C)C(=O)N1CCOC(c2ccccc2C(F)(F)F)C1. The molecule has 0 spiro atoms. The van der Waals surface area contributed by atoms with Crippen LogP contribution in [-0.2, 0) is 20.4 Å². The normalized spacial score (nSPS) is 20.4. The minimum atomic E-state index is -4.45. The Morgan fingerprint density at radius 3 is 2.78 bits per heavy atom. The van der Waals surface area contributed by atoms with Crippen LogP contribution >= 0.6 is 0 Å². The zero-order valence-electron chi connectivity index (χ0n) is 13.1. The molecule has 0 saturated carbocycles. The summed E-state index contributed by atoms with van der Waals surface area (Å²) in [6.45, 7) is 2.71. The first-order valence-corrected chi connectivity index (χ1v) is 7.40. The van der Waals surface area contributed by atoms with Crippen LogP contribution in [0.2, 0.25) is 0 Å². The Morgan fingerprint density at radius 2 is 2.13 bits per heavy atom. The number of benzene rings is 1. The van der Waals surface area contributed by atoms with E-state index in [1.54, 1.807) is 17.9 Å². The first-order valence-electron chi connectivity index (χ1n) is 7.40. The molecule has 0 bridgehead atoms. The third-order valence-corrected chi connectivity index (χ3v) is 3.83. The molecule has 4 nitrogen and oxygen atoms in total. The van der Waals surface area contributed by atoms with Crippen molar-refractivity contribution in [3.63, 3.8) is 0 Å². The molecule has 0 aromatic heterocycles. The summed E-state index contributed by atoms with van der Waals surface area (Å²) < 4.78 is 49.9. The fourth-order valence-electron chi connectivity index (χ4n) is 2.71. The van der Waals surface area contributed by atoms with Crippen LogP contribution in [0, 0.1) is 5.92 Å². The molecule has 2 atom stereocenters. The van der Waals surface area contributed by atoms with Gasteiger partial charge in [0.2, 0.25) is 5.91 Å². The molecule has 2 rings (SSSR count). The summed E-state index contributed by atoms with van der Waals surface area (Å²) in [5.74, 6) is -0.471. The van der Waals surface area contributed by atoms with Crippen molar-refractivity contribution in [2.45, 2.75) is 19.2 Å². The van der Waals surface area contributed by atoms with E-state index in [2.05, 4.69) is 0 Å². The van der Waals surface area contributed by atoms with Gasteiger partial charge >= 0.3 is 6.18 Å². The van der Waals surface area contributed by atoms with Crippen molar-refractivity contribution in [2.75, 3.05) is 33.4 Å². The monoisotopic (exact) mass is 331 g/mol. The van der Waals surface area contributed by atoms with E-state index in [0.717, 1.165) is 6.07 Å². The highest BCUT2D eigenvalue weighted by Gasteiger charge is 2.37. The van der Waals surface area contributed by atoms with Gasteiger partial charge in [0.25, 0.3) is 0 Å². The number of alkyl halides is 3. The van der Waals surface area contributed by atoms with Crippen LogP contribution in [-0.4, -0.2) is 44.2 Å². The van der Waals surface area contributed by atoms with E-state index >= 15 is 0 Å². The van der Waals surface area contributed by atoms with Gasteiger partial charge in [-0.1, -0.05) is 25.1 Å². The number of methoxy groups -OCH3 is 1. The van der Waals surface area contributed by atoms with Crippen molar-refractivity contribution in [1.29, 1.82) is 0 Å². The van der Waals surface area contributed by atoms with Gasteiger partial charge in [0, 0.05) is 13.7 Å². The zero-order valence-corrected chi connectivity index (χ0v) is 13.1. The molecule has 1 aliphatic heterocycles. The molecule has 0 aliphatic carbocycles. The fourth-order valence-corrected chi connectivity index (χ4v) is 2.71. The highest BCUT2D eigenvalue weighted by atomic mass is 19.4. The second kappa shape index (κ2) is 7.31. The molecule has 1 aromatic carbocycles. The standard InChI is InChI=1S/C16H20F3NO3/c1-11(10-22-2)15(21)20-7-8-23-14(9-20)12-5-3-4-6-13(12)16(17,18)19/h3-6,11,14H,7-10H2,1-2H3. The van der Waals surface area contributed by atoms with E-state index in [-0.39, 0.29) is 37.1 Å². The zero-order chi connectivity index (χ0) is 17.0.